The number of hydrogen-bond donors (Lipinski definition) is 1. The SMILES string of the molecule is C=C(C)C(=O)O.C=C(C)C(=O)OC1(CC)COC1. The van der Waals surface area contributed by atoms with Crippen molar-refractivity contribution in [1.82, 2.24) is 0 Å². The van der Waals surface area contributed by atoms with Gasteiger partial charge in [0.05, 0.1) is 13.2 Å². The molecular weight excluding hydrogens is 236 g/mol. The van der Waals surface area contributed by atoms with Crippen LogP contribution in [0.25, 0.3) is 0 Å². The summed E-state index contributed by atoms with van der Waals surface area (Å²) in [5.41, 5.74) is 0.250. The van der Waals surface area contributed by atoms with Crippen LogP contribution in [-0.2, 0) is 19.1 Å². The minimum absolute atomic E-state index is 0.176. The fraction of sp³-hybridized carbons (Fsp3) is 0.538. The van der Waals surface area contributed by atoms with Crippen molar-refractivity contribution in [2.75, 3.05) is 13.2 Å². The van der Waals surface area contributed by atoms with Crippen molar-refractivity contribution in [1.29, 1.82) is 0 Å². The maximum atomic E-state index is 11.1. The van der Waals surface area contributed by atoms with Crippen LogP contribution in [0.1, 0.15) is 27.2 Å². The van der Waals surface area contributed by atoms with Crippen LogP contribution >= 0.6 is 0 Å². The van der Waals surface area contributed by atoms with Gasteiger partial charge >= 0.3 is 11.9 Å². The molecule has 0 radical (unpaired) electrons. The van der Waals surface area contributed by atoms with Crippen LogP contribution in [0.2, 0.25) is 0 Å². The molecule has 1 heterocycles. The van der Waals surface area contributed by atoms with Crippen LogP contribution in [-0.4, -0.2) is 35.9 Å². The lowest BCUT2D eigenvalue weighted by atomic mass is 9.99. The molecule has 0 aromatic heterocycles. The molecule has 1 aliphatic rings. The summed E-state index contributed by atoms with van der Waals surface area (Å²) in [5.74, 6) is -1.25. The van der Waals surface area contributed by atoms with Crippen molar-refractivity contribution in [2.45, 2.75) is 32.8 Å². The van der Waals surface area contributed by atoms with Crippen molar-refractivity contribution in [2.24, 2.45) is 0 Å². The minimum Gasteiger partial charge on any atom is -0.478 e. The van der Waals surface area contributed by atoms with Crippen molar-refractivity contribution >= 4 is 11.9 Å². The molecule has 1 N–H and O–H groups in total. The first kappa shape index (κ1) is 16.4. The second-order valence-electron chi connectivity index (χ2n) is 4.28. The van der Waals surface area contributed by atoms with Crippen molar-refractivity contribution in [3.63, 3.8) is 0 Å². The van der Waals surface area contributed by atoms with E-state index in [-0.39, 0.29) is 17.1 Å². The second-order valence-corrected chi connectivity index (χ2v) is 4.28. The summed E-state index contributed by atoms with van der Waals surface area (Å²) in [6, 6.07) is 0. The molecule has 1 rings (SSSR count). The lowest BCUT2D eigenvalue weighted by molar-refractivity contribution is -0.210. The summed E-state index contributed by atoms with van der Waals surface area (Å²) < 4.78 is 10.2. The van der Waals surface area contributed by atoms with Crippen molar-refractivity contribution in [3.8, 4) is 0 Å². The smallest absolute Gasteiger partial charge is 0.333 e. The van der Waals surface area contributed by atoms with Crippen LogP contribution in [0.3, 0.4) is 0 Å². The first-order valence-electron chi connectivity index (χ1n) is 5.59. The van der Waals surface area contributed by atoms with Gasteiger partial charge in [-0.25, -0.2) is 9.59 Å². The summed E-state index contributed by atoms with van der Waals surface area (Å²) in [6.45, 7) is 12.8. The maximum absolute atomic E-state index is 11.1. The van der Waals surface area contributed by atoms with Gasteiger partial charge in [0.1, 0.15) is 0 Å². The van der Waals surface area contributed by atoms with E-state index in [1.807, 2.05) is 6.92 Å². The molecule has 5 nitrogen and oxygen atoms in total. The van der Waals surface area contributed by atoms with Crippen LogP contribution in [0.15, 0.2) is 24.3 Å². The summed E-state index contributed by atoms with van der Waals surface area (Å²) in [7, 11) is 0. The first-order valence-corrected chi connectivity index (χ1v) is 5.59. The van der Waals surface area contributed by atoms with Gasteiger partial charge in [-0.3, -0.25) is 0 Å². The highest BCUT2D eigenvalue weighted by Gasteiger charge is 2.40. The predicted octanol–water partition coefficient (Wildman–Crippen LogP) is 1.93. The molecule has 0 atom stereocenters. The van der Waals surface area contributed by atoms with E-state index in [0.717, 1.165) is 6.42 Å². The average molecular weight is 256 g/mol. The number of carbonyl (C=O) groups excluding carboxylic acids is 1. The number of esters is 1. The number of carbonyl (C=O) groups is 2. The van der Waals surface area contributed by atoms with Gasteiger partial charge in [0.2, 0.25) is 0 Å². The average Bonchev–Trinajstić information content (AvgIpc) is 2.23. The van der Waals surface area contributed by atoms with Crippen LogP contribution in [0, 0.1) is 0 Å². The minimum atomic E-state index is -0.935. The number of aliphatic carboxylic acids is 1. The van der Waals surface area contributed by atoms with Crippen LogP contribution in [0.4, 0.5) is 0 Å². The molecule has 1 aliphatic heterocycles. The normalized spacial score (nSPS) is 15.5. The number of rotatable bonds is 4. The second kappa shape index (κ2) is 6.96. The Labute approximate surface area is 107 Å². The molecule has 18 heavy (non-hydrogen) atoms. The van der Waals surface area contributed by atoms with E-state index in [4.69, 9.17) is 14.6 Å². The summed E-state index contributed by atoms with van der Waals surface area (Å²) in [6.07, 6.45) is 0.798. The van der Waals surface area contributed by atoms with E-state index >= 15 is 0 Å². The fourth-order valence-corrected chi connectivity index (χ4v) is 0.949. The van der Waals surface area contributed by atoms with Gasteiger partial charge in [-0.15, -0.1) is 0 Å². The molecular formula is C13H20O5. The molecule has 1 fully saturated rings. The van der Waals surface area contributed by atoms with E-state index < -0.39 is 5.97 Å². The third-order valence-electron chi connectivity index (χ3n) is 2.40. The van der Waals surface area contributed by atoms with Gasteiger partial charge in [-0.2, -0.15) is 0 Å². The molecule has 0 aromatic carbocycles. The van der Waals surface area contributed by atoms with Gasteiger partial charge in [-0.05, 0) is 20.3 Å². The van der Waals surface area contributed by atoms with Crippen molar-refractivity contribution < 1.29 is 24.2 Å². The molecule has 0 spiro atoms. The first-order chi connectivity index (χ1) is 8.24. The third kappa shape index (κ3) is 5.14. The largest absolute Gasteiger partial charge is 0.478 e. The highest BCUT2D eigenvalue weighted by molar-refractivity contribution is 5.87. The molecule has 0 aliphatic carbocycles. The number of carboxylic acids is 1. The number of carboxylic acid groups (broad SMARTS) is 1. The number of hydrogen-bond acceptors (Lipinski definition) is 4. The van der Waals surface area contributed by atoms with Gasteiger partial charge in [0.15, 0.2) is 5.60 Å². The van der Waals surface area contributed by atoms with E-state index in [0.29, 0.717) is 18.8 Å². The third-order valence-corrected chi connectivity index (χ3v) is 2.40. The molecule has 0 saturated carbocycles. The van der Waals surface area contributed by atoms with Gasteiger partial charge in [0, 0.05) is 11.1 Å². The molecule has 0 aromatic rings. The zero-order valence-corrected chi connectivity index (χ0v) is 11.1. The monoisotopic (exact) mass is 256 g/mol. The Morgan fingerprint density at radius 1 is 1.28 bits per heavy atom. The van der Waals surface area contributed by atoms with E-state index in [9.17, 15) is 9.59 Å². The molecule has 0 bridgehead atoms. The predicted molar refractivity (Wildman–Crippen MR) is 67.2 cm³/mol. The van der Waals surface area contributed by atoms with E-state index in [1.54, 1.807) is 6.92 Å². The molecule has 1 saturated heterocycles. The Morgan fingerprint density at radius 2 is 1.72 bits per heavy atom. The van der Waals surface area contributed by atoms with Crippen molar-refractivity contribution in [3.05, 3.63) is 24.3 Å². The van der Waals surface area contributed by atoms with Crippen LogP contribution < -0.4 is 0 Å². The Balaban J connectivity index is 0.000000411. The molecule has 5 heteroatoms. The quantitative estimate of drug-likeness (QED) is 0.614. The zero-order valence-electron chi connectivity index (χ0n) is 11.1. The van der Waals surface area contributed by atoms with Gasteiger partial charge in [0.25, 0.3) is 0 Å². The highest BCUT2D eigenvalue weighted by Crippen LogP contribution is 2.26. The topological polar surface area (TPSA) is 72.8 Å². The zero-order chi connectivity index (χ0) is 14.3. The van der Waals surface area contributed by atoms with Crippen LogP contribution in [0.5, 0.6) is 0 Å². The lowest BCUT2D eigenvalue weighted by Crippen LogP contribution is -2.52. The maximum Gasteiger partial charge on any atom is 0.333 e. The Hall–Kier alpha value is -1.62. The van der Waals surface area contributed by atoms with Gasteiger partial charge in [-0.1, -0.05) is 20.1 Å². The Bertz CT molecular complexity index is 335. The Kier molecular flexibility index (Phi) is 6.33. The number of ether oxygens (including phenoxy) is 2. The Morgan fingerprint density at radius 3 is 1.89 bits per heavy atom. The summed E-state index contributed by atoms with van der Waals surface area (Å²) >= 11 is 0. The highest BCUT2D eigenvalue weighted by atomic mass is 16.6. The molecule has 0 unspecified atom stereocenters. The lowest BCUT2D eigenvalue weighted by Gasteiger charge is -2.39. The molecule has 102 valence electrons. The fourth-order valence-electron chi connectivity index (χ4n) is 0.949. The van der Waals surface area contributed by atoms with E-state index in [2.05, 4.69) is 13.2 Å². The summed E-state index contributed by atoms with van der Waals surface area (Å²) in [5, 5.41) is 7.89. The standard InChI is InChI=1S/C9H14O3.C4H6O2/c1-4-9(5-11-6-9)12-8(10)7(2)3;1-3(2)4(5)6/h2,4-6H2,1,3H3;1H2,2H3,(H,5,6). The molecule has 0 amide bonds. The van der Waals surface area contributed by atoms with Gasteiger partial charge < -0.3 is 14.6 Å². The van der Waals surface area contributed by atoms with E-state index in [1.165, 1.54) is 6.92 Å². The summed E-state index contributed by atoms with van der Waals surface area (Å²) in [4.78, 5) is 20.7.